The molecule has 4 nitrogen and oxygen atoms in total. The number of rotatable bonds is 7. The highest BCUT2D eigenvalue weighted by molar-refractivity contribution is 6.04. The lowest BCUT2D eigenvalue weighted by Crippen LogP contribution is -2.34. The third-order valence-electron chi connectivity index (χ3n) is 3.65. The number of amides is 2. The molecule has 0 radical (unpaired) electrons. The van der Waals surface area contributed by atoms with E-state index in [2.05, 4.69) is 10.6 Å². The monoisotopic (exact) mass is 348 g/mol. The molecule has 4 heteroatoms. The molecule has 0 unspecified atom stereocenters. The van der Waals surface area contributed by atoms with E-state index in [4.69, 9.17) is 0 Å². The summed E-state index contributed by atoms with van der Waals surface area (Å²) in [5.74, 6) is -0.646. The Morgan fingerprint density at radius 2 is 1.65 bits per heavy atom. The van der Waals surface area contributed by atoms with Crippen LogP contribution in [-0.2, 0) is 9.59 Å². The summed E-state index contributed by atoms with van der Waals surface area (Å²) >= 11 is 0. The first-order valence-electron chi connectivity index (χ1n) is 8.69. The molecule has 2 aromatic rings. The Morgan fingerprint density at radius 1 is 0.962 bits per heavy atom. The van der Waals surface area contributed by atoms with Crippen LogP contribution in [0.15, 0.2) is 66.4 Å². The van der Waals surface area contributed by atoms with Gasteiger partial charge in [-0.2, -0.15) is 0 Å². The number of hydrogen-bond acceptors (Lipinski definition) is 2. The first kappa shape index (κ1) is 19.2. The van der Waals surface area contributed by atoms with Gasteiger partial charge in [0.2, 0.25) is 5.91 Å². The summed E-state index contributed by atoms with van der Waals surface area (Å²) in [7, 11) is 0. The summed E-state index contributed by atoms with van der Waals surface area (Å²) in [5.41, 5.74) is 3.15. The van der Waals surface area contributed by atoms with Crippen molar-refractivity contribution in [1.82, 2.24) is 10.6 Å². The summed E-state index contributed by atoms with van der Waals surface area (Å²) in [6, 6.07) is 17.3. The molecule has 0 bridgehead atoms. The van der Waals surface area contributed by atoms with Gasteiger partial charge in [-0.1, -0.05) is 67.1 Å². The predicted octanol–water partition coefficient (Wildman–Crippen LogP) is 3.69. The molecule has 0 aliphatic rings. The summed E-state index contributed by atoms with van der Waals surface area (Å²) in [6.07, 6.45) is 5.64. The van der Waals surface area contributed by atoms with Crippen LogP contribution >= 0.6 is 0 Å². The molecule has 2 rings (SSSR count). The molecule has 26 heavy (non-hydrogen) atoms. The third-order valence-corrected chi connectivity index (χ3v) is 3.65. The van der Waals surface area contributed by atoms with E-state index in [0.29, 0.717) is 6.54 Å². The standard InChI is InChI=1S/C22H24N2O2/c1-3-15-23-22(26)20(16-19-7-5-4-6-8-19)24-21(25)14-13-18-11-9-17(2)10-12-18/h4-14,16H,3,15H2,1-2H3,(H,23,26)(H,24,25)/b14-13+,20-16-. The fourth-order valence-electron chi connectivity index (χ4n) is 2.23. The van der Waals surface area contributed by atoms with Crippen molar-refractivity contribution in [2.45, 2.75) is 20.3 Å². The van der Waals surface area contributed by atoms with Crippen LogP contribution in [0.5, 0.6) is 0 Å². The Morgan fingerprint density at radius 3 is 2.31 bits per heavy atom. The van der Waals surface area contributed by atoms with Gasteiger partial charge in [-0.3, -0.25) is 9.59 Å². The number of hydrogen-bond donors (Lipinski definition) is 2. The van der Waals surface area contributed by atoms with E-state index in [1.807, 2.05) is 68.4 Å². The highest BCUT2D eigenvalue weighted by atomic mass is 16.2. The second kappa shape index (κ2) is 9.99. The Bertz CT molecular complexity index is 791. The van der Waals surface area contributed by atoms with Crippen LogP contribution in [0.25, 0.3) is 12.2 Å². The molecule has 0 aromatic heterocycles. The molecule has 0 saturated carbocycles. The van der Waals surface area contributed by atoms with Gasteiger partial charge in [-0.25, -0.2) is 0 Å². The molecule has 0 aliphatic carbocycles. The Kier molecular flexibility index (Phi) is 7.37. The van der Waals surface area contributed by atoms with Crippen LogP contribution in [0.3, 0.4) is 0 Å². The van der Waals surface area contributed by atoms with E-state index >= 15 is 0 Å². The molecule has 2 N–H and O–H groups in total. The zero-order valence-corrected chi connectivity index (χ0v) is 15.2. The van der Waals surface area contributed by atoms with E-state index in [-0.39, 0.29) is 17.5 Å². The average Bonchev–Trinajstić information content (AvgIpc) is 2.66. The fraction of sp³-hybridized carbons (Fsp3) is 0.182. The number of aryl methyl sites for hydroxylation is 1. The second-order valence-corrected chi connectivity index (χ2v) is 5.96. The van der Waals surface area contributed by atoms with Gasteiger partial charge in [0.25, 0.3) is 5.91 Å². The number of nitrogens with one attached hydrogen (secondary N) is 2. The second-order valence-electron chi connectivity index (χ2n) is 5.96. The van der Waals surface area contributed by atoms with E-state index in [1.165, 1.54) is 6.08 Å². The van der Waals surface area contributed by atoms with Crippen molar-refractivity contribution in [2.24, 2.45) is 0 Å². The van der Waals surface area contributed by atoms with E-state index in [0.717, 1.165) is 23.1 Å². The molecular weight excluding hydrogens is 324 g/mol. The van der Waals surface area contributed by atoms with Crippen molar-refractivity contribution in [2.75, 3.05) is 6.54 Å². The number of carbonyl (C=O) groups excluding carboxylic acids is 2. The molecule has 2 amide bonds. The fourth-order valence-corrected chi connectivity index (χ4v) is 2.23. The normalized spacial score (nSPS) is 11.4. The Labute approximate surface area is 154 Å². The van der Waals surface area contributed by atoms with Crippen molar-refractivity contribution in [3.05, 3.63) is 83.1 Å². The van der Waals surface area contributed by atoms with Gasteiger partial charge in [0, 0.05) is 12.6 Å². The third kappa shape index (κ3) is 6.40. The van der Waals surface area contributed by atoms with Crippen LogP contribution in [0.4, 0.5) is 0 Å². The van der Waals surface area contributed by atoms with E-state index in [1.54, 1.807) is 12.2 Å². The molecule has 0 heterocycles. The van der Waals surface area contributed by atoms with E-state index < -0.39 is 0 Å². The van der Waals surface area contributed by atoms with Gasteiger partial charge in [-0.15, -0.1) is 0 Å². The maximum absolute atomic E-state index is 12.3. The minimum absolute atomic E-state index is 0.225. The quantitative estimate of drug-likeness (QED) is 0.750. The highest BCUT2D eigenvalue weighted by Gasteiger charge is 2.11. The topological polar surface area (TPSA) is 58.2 Å². The van der Waals surface area contributed by atoms with Gasteiger partial charge < -0.3 is 10.6 Å². The maximum atomic E-state index is 12.3. The molecule has 0 aliphatic heterocycles. The van der Waals surface area contributed by atoms with Crippen LogP contribution in [0.1, 0.15) is 30.0 Å². The predicted molar refractivity (Wildman–Crippen MR) is 106 cm³/mol. The maximum Gasteiger partial charge on any atom is 0.267 e. The number of carbonyl (C=O) groups is 2. The minimum atomic E-state index is -0.348. The van der Waals surface area contributed by atoms with Crippen LogP contribution in [0.2, 0.25) is 0 Å². The van der Waals surface area contributed by atoms with Crippen LogP contribution < -0.4 is 10.6 Å². The zero-order chi connectivity index (χ0) is 18.8. The smallest absolute Gasteiger partial charge is 0.267 e. The zero-order valence-electron chi connectivity index (χ0n) is 15.2. The van der Waals surface area contributed by atoms with Gasteiger partial charge >= 0.3 is 0 Å². The summed E-state index contributed by atoms with van der Waals surface area (Å²) < 4.78 is 0. The molecule has 134 valence electrons. The molecule has 0 fully saturated rings. The first-order valence-corrected chi connectivity index (χ1v) is 8.69. The first-order chi connectivity index (χ1) is 12.6. The minimum Gasteiger partial charge on any atom is -0.351 e. The largest absolute Gasteiger partial charge is 0.351 e. The van der Waals surface area contributed by atoms with E-state index in [9.17, 15) is 9.59 Å². The molecular formula is C22H24N2O2. The Balaban J connectivity index is 2.12. The molecule has 0 saturated heterocycles. The van der Waals surface area contributed by atoms with Crippen molar-refractivity contribution in [3.8, 4) is 0 Å². The lowest BCUT2D eigenvalue weighted by atomic mass is 10.1. The summed E-state index contributed by atoms with van der Waals surface area (Å²) in [4.78, 5) is 24.6. The van der Waals surface area contributed by atoms with Crippen molar-refractivity contribution in [3.63, 3.8) is 0 Å². The van der Waals surface area contributed by atoms with Crippen molar-refractivity contribution < 1.29 is 9.59 Å². The number of benzene rings is 2. The van der Waals surface area contributed by atoms with Gasteiger partial charge in [0.05, 0.1) is 0 Å². The van der Waals surface area contributed by atoms with Gasteiger partial charge in [0.1, 0.15) is 5.70 Å². The van der Waals surface area contributed by atoms with Gasteiger partial charge in [-0.05, 0) is 36.6 Å². The molecule has 0 spiro atoms. The van der Waals surface area contributed by atoms with Crippen molar-refractivity contribution >= 4 is 24.0 Å². The lowest BCUT2D eigenvalue weighted by Gasteiger charge is -2.09. The lowest BCUT2D eigenvalue weighted by molar-refractivity contribution is -0.121. The van der Waals surface area contributed by atoms with Crippen molar-refractivity contribution in [1.29, 1.82) is 0 Å². The van der Waals surface area contributed by atoms with Crippen LogP contribution in [0, 0.1) is 6.92 Å². The SMILES string of the molecule is CCCNC(=O)/C(=C/c1ccccc1)NC(=O)/C=C/c1ccc(C)cc1. The van der Waals surface area contributed by atoms with Gasteiger partial charge in [0.15, 0.2) is 0 Å². The van der Waals surface area contributed by atoms with Crippen LogP contribution in [-0.4, -0.2) is 18.4 Å². The Hall–Kier alpha value is -3.14. The highest BCUT2D eigenvalue weighted by Crippen LogP contribution is 2.07. The summed E-state index contributed by atoms with van der Waals surface area (Å²) in [5, 5.41) is 5.47. The summed E-state index contributed by atoms with van der Waals surface area (Å²) in [6.45, 7) is 4.54. The average molecular weight is 348 g/mol. The molecule has 2 aromatic carbocycles. The molecule has 0 atom stereocenters.